The number of nitrogens with one attached hydrogen (secondary N) is 2. The summed E-state index contributed by atoms with van der Waals surface area (Å²) in [7, 11) is 1.53. The lowest BCUT2D eigenvalue weighted by atomic mass is 9.91. The van der Waals surface area contributed by atoms with E-state index in [4.69, 9.17) is 10.5 Å². The zero-order chi connectivity index (χ0) is 17.6. The minimum Gasteiger partial charge on any atom is -0.383 e. The second-order valence-electron chi connectivity index (χ2n) is 6.06. The first-order valence-electron chi connectivity index (χ1n) is 8.34. The molecule has 1 aromatic heterocycles. The highest BCUT2D eigenvalue weighted by Crippen LogP contribution is 2.30. The largest absolute Gasteiger partial charge is 0.383 e. The maximum atomic E-state index is 12.2. The van der Waals surface area contributed by atoms with Crippen molar-refractivity contribution in [3.63, 3.8) is 0 Å². The molecule has 0 aliphatic rings. The molecule has 0 saturated heterocycles. The summed E-state index contributed by atoms with van der Waals surface area (Å²) in [6, 6.07) is 17.7. The van der Waals surface area contributed by atoms with Crippen LogP contribution >= 0.6 is 0 Å². The van der Waals surface area contributed by atoms with Crippen molar-refractivity contribution in [1.29, 1.82) is 0 Å². The number of carbonyl (C=O) groups is 1. The van der Waals surface area contributed by atoms with Gasteiger partial charge in [0.25, 0.3) is 0 Å². The van der Waals surface area contributed by atoms with Crippen molar-refractivity contribution in [2.45, 2.75) is 12.0 Å². The summed E-state index contributed by atoms with van der Waals surface area (Å²) in [6.45, 7) is 0.678. The first-order chi connectivity index (χ1) is 12.2. The summed E-state index contributed by atoms with van der Waals surface area (Å²) >= 11 is 0. The minimum atomic E-state index is -0.663. The Labute approximate surface area is 147 Å². The first-order valence-corrected chi connectivity index (χ1v) is 8.34. The molecule has 4 N–H and O–H groups in total. The Hall–Kier alpha value is -2.63. The third kappa shape index (κ3) is 3.90. The van der Waals surface area contributed by atoms with Crippen LogP contribution in [0.1, 0.15) is 17.0 Å². The van der Waals surface area contributed by atoms with E-state index in [1.165, 1.54) is 7.11 Å². The van der Waals surface area contributed by atoms with Crippen molar-refractivity contribution in [3.05, 3.63) is 71.9 Å². The van der Waals surface area contributed by atoms with Crippen molar-refractivity contribution < 1.29 is 9.53 Å². The fourth-order valence-electron chi connectivity index (χ4n) is 3.06. The average Bonchev–Trinajstić information content (AvgIpc) is 3.07. The molecule has 3 rings (SSSR count). The monoisotopic (exact) mass is 337 g/mol. The van der Waals surface area contributed by atoms with Gasteiger partial charge in [0.2, 0.25) is 5.91 Å². The van der Waals surface area contributed by atoms with E-state index >= 15 is 0 Å². The van der Waals surface area contributed by atoms with Gasteiger partial charge in [0, 0.05) is 36.7 Å². The van der Waals surface area contributed by atoms with Gasteiger partial charge >= 0.3 is 0 Å². The smallest absolute Gasteiger partial charge is 0.239 e. The third-order valence-electron chi connectivity index (χ3n) is 4.36. The normalized spacial score (nSPS) is 13.5. The fourth-order valence-corrected chi connectivity index (χ4v) is 3.06. The Morgan fingerprint density at radius 3 is 2.64 bits per heavy atom. The number of para-hydroxylation sites is 1. The van der Waals surface area contributed by atoms with E-state index in [0.717, 1.165) is 22.0 Å². The van der Waals surface area contributed by atoms with Gasteiger partial charge in [0.05, 0.1) is 6.61 Å². The van der Waals surface area contributed by atoms with Crippen molar-refractivity contribution in [3.8, 4) is 0 Å². The quantitative estimate of drug-likeness (QED) is 0.619. The Kier molecular flexibility index (Phi) is 5.48. The number of ether oxygens (including phenoxy) is 1. The number of hydrogen-bond donors (Lipinski definition) is 3. The van der Waals surface area contributed by atoms with Gasteiger partial charge < -0.3 is 20.8 Å². The predicted octanol–water partition coefficient (Wildman–Crippen LogP) is 2.39. The summed E-state index contributed by atoms with van der Waals surface area (Å²) in [6.07, 6.45) is 2.02. The molecule has 0 spiro atoms. The van der Waals surface area contributed by atoms with Gasteiger partial charge in [-0.2, -0.15) is 0 Å². The van der Waals surface area contributed by atoms with Crippen LogP contribution < -0.4 is 11.1 Å². The minimum absolute atomic E-state index is 0.0380. The Bertz CT molecular complexity index is 829. The van der Waals surface area contributed by atoms with Gasteiger partial charge in [-0.1, -0.05) is 48.5 Å². The molecule has 1 amide bonds. The second-order valence-corrected chi connectivity index (χ2v) is 6.06. The van der Waals surface area contributed by atoms with E-state index < -0.39 is 6.04 Å². The Morgan fingerprint density at radius 1 is 1.16 bits per heavy atom. The van der Waals surface area contributed by atoms with Crippen LogP contribution in [0, 0.1) is 0 Å². The average molecular weight is 337 g/mol. The van der Waals surface area contributed by atoms with Gasteiger partial charge in [0.15, 0.2) is 0 Å². The number of H-pyrrole nitrogens is 1. The van der Waals surface area contributed by atoms with E-state index in [1.54, 1.807) is 0 Å². The topological polar surface area (TPSA) is 80.1 Å². The van der Waals surface area contributed by atoms with Crippen LogP contribution in [0.25, 0.3) is 10.9 Å². The summed E-state index contributed by atoms with van der Waals surface area (Å²) in [5, 5.41) is 4.12. The summed E-state index contributed by atoms with van der Waals surface area (Å²) in [5.74, 6) is -0.168. The molecule has 2 atom stereocenters. The molecule has 1 heterocycles. The third-order valence-corrected chi connectivity index (χ3v) is 4.36. The first kappa shape index (κ1) is 17.2. The number of benzene rings is 2. The lowest BCUT2D eigenvalue weighted by Crippen LogP contribution is -2.44. The number of methoxy groups -OCH3 is 1. The van der Waals surface area contributed by atoms with E-state index in [-0.39, 0.29) is 18.4 Å². The molecular weight excluding hydrogens is 314 g/mol. The number of fused-ring (bicyclic) bond motifs is 1. The molecule has 0 fully saturated rings. The second kappa shape index (κ2) is 7.96. The molecule has 3 aromatic rings. The number of aromatic amines is 1. The van der Waals surface area contributed by atoms with Gasteiger partial charge in [-0.15, -0.1) is 0 Å². The number of carbonyl (C=O) groups excluding carboxylic acids is 1. The van der Waals surface area contributed by atoms with Crippen LogP contribution in [-0.4, -0.2) is 37.2 Å². The van der Waals surface area contributed by atoms with E-state index in [1.807, 2.05) is 42.6 Å². The fraction of sp³-hybridized carbons (Fsp3) is 0.250. The lowest BCUT2D eigenvalue weighted by molar-refractivity contribution is -0.123. The van der Waals surface area contributed by atoms with Crippen LogP contribution in [-0.2, 0) is 9.53 Å². The van der Waals surface area contributed by atoms with Crippen LogP contribution in [0.4, 0.5) is 0 Å². The van der Waals surface area contributed by atoms with Crippen molar-refractivity contribution >= 4 is 16.8 Å². The molecule has 2 aromatic carbocycles. The molecule has 0 bridgehead atoms. The summed E-state index contributed by atoms with van der Waals surface area (Å²) < 4.78 is 4.96. The number of aromatic nitrogens is 1. The van der Waals surface area contributed by atoms with E-state index in [2.05, 4.69) is 28.5 Å². The maximum Gasteiger partial charge on any atom is 0.239 e. The Balaban J connectivity index is 1.88. The van der Waals surface area contributed by atoms with Crippen LogP contribution in [0.2, 0.25) is 0 Å². The number of nitrogens with two attached hydrogens (primary N) is 1. The molecule has 0 radical (unpaired) electrons. The molecule has 0 saturated carbocycles. The van der Waals surface area contributed by atoms with Crippen molar-refractivity contribution in [1.82, 2.24) is 10.3 Å². The number of hydrogen-bond acceptors (Lipinski definition) is 3. The van der Waals surface area contributed by atoms with Crippen LogP contribution in [0.5, 0.6) is 0 Å². The highest BCUT2D eigenvalue weighted by atomic mass is 16.5. The van der Waals surface area contributed by atoms with Gasteiger partial charge in [-0.3, -0.25) is 4.79 Å². The van der Waals surface area contributed by atoms with Crippen molar-refractivity contribution in [2.75, 3.05) is 20.3 Å². The maximum absolute atomic E-state index is 12.2. The van der Waals surface area contributed by atoms with Crippen LogP contribution in [0.3, 0.4) is 0 Å². The predicted molar refractivity (Wildman–Crippen MR) is 99.4 cm³/mol. The molecular formula is C20H23N3O2. The highest BCUT2D eigenvalue weighted by molar-refractivity contribution is 5.85. The Morgan fingerprint density at radius 2 is 1.88 bits per heavy atom. The molecule has 2 unspecified atom stereocenters. The SMILES string of the molecule is COCC(N)C(=O)NCC(c1ccccc1)c1c[nH]c2ccccc12. The molecule has 5 heteroatoms. The van der Waals surface area contributed by atoms with E-state index in [9.17, 15) is 4.79 Å². The van der Waals surface area contributed by atoms with Crippen LogP contribution in [0.15, 0.2) is 60.8 Å². The van der Waals surface area contributed by atoms with Gasteiger partial charge in [-0.25, -0.2) is 0 Å². The van der Waals surface area contributed by atoms with E-state index in [0.29, 0.717) is 6.54 Å². The molecule has 5 nitrogen and oxygen atoms in total. The molecule has 25 heavy (non-hydrogen) atoms. The van der Waals surface area contributed by atoms with Crippen molar-refractivity contribution in [2.24, 2.45) is 5.73 Å². The van der Waals surface area contributed by atoms with Gasteiger partial charge in [0.1, 0.15) is 6.04 Å². The molecule has 0 aliphatic heterocycles. The summed E-state index contributed by atoms with van der Waals surface area (Å²) in [4.78, 5) is 15.5. The summed E-state index contributed by atoms with van der Waals surface area (Å²) in [5.41, 5.74) is 9.20. The number of amides is 1. The lowest BCUT2D eigenvalue weighted by Gasteiger charge is -2.19. The number of rotatable bonds is 7. The molecule has 0 aliphatic carbocycles. The zero-order valence-corrected chi connectivity index (χ0v) is 14.2. The molecule has 130 valence electrons. The highest BCUT2D eigenvalue weighted by Gasteiger charge is 2.20. The van der Waals surface area contributed by atoms with Gasteiger partial charge in [-0.05, 0) is 17.2 Å². The standard InChI is InChI=1S/C20H23N3O2/c1-25-13-18(21)20(24)23-11-16(14-7-3-2-4-8-14)17-12-22-19-10-6-5-9-15(17)19/h2-10,12,16,18,22H,11,13,21H2,1H3,(H,23,24). The zero-order valence-electron chi connectivity index (χ0n) is 14.2.